The number of rotatable bonds is 5. The molecule has 0 aromatic heterocycles. The Bertz CT molecular complexity index is 655. The van der Waals surface area contributed by atoms with Gasteiger partial charge >= 0.3 is 0 Å². The molecule has 0 unspecified atom stereocenters. The average molecular weight is 289 g/mol. The highest BCUT2D eigenvalue weighted by molar-refractivity contribution is 7.84. The molecule has 0 aliphatic heterocycles. The smallest absolute Gasteiger partial charge is 0.230 e. The topological polar surface area (TPSA) is 80.4 Å². The third kappa shape index (κ3) is 3.68. The van der Waals surface area contributed by atoms with Crippen molar-refractivity contribution in [2.24, 2.45) is 5.73 Å². The van der Waals surface area contributed by atoms with E-state index in [0.717, 1.165) is 16.7 Å². The van der Waals surface area contributed by atoms with E-state index in [1.54, 1.807) is 18.2 Å². The van der Waals surface area contributed by atoms with Gasteiger partial charge < -0.3 is 10.8 Å². The van der Waals surface area contributed by atoms with Gasteiger partial charge in [0.15, 0.2) is 0 Å². The minimum atomic E-state index is -1.33. The molecule has 1 atom stereocenters. The number of phenolic OH excluding ortho intramolecular Hbond substituents is 1. The maximum absolute atomic E-state index is 11.8. The molecule has 0 heterocycles. The molecule has 0 bridgehead atoms. The van der Waals surface area contributed by atoms with E-state index >= 15 is 0 Å². The van der Waals surface area contributed by atoms with E-state index in [-0.39, 0.29) is 17.3 Å². The molecule has 2 aromatic rings. The summed E-state index contributed by atoms with van der Waals surface area (Å²) in [5.41, 5.74) is 7.64. The van der Waals surface area contributed by atoms with Crippen molar-refractivity contribution >= 4 is 16.7 Å². The predicted octanol–water partition coefficient (Wildman–Crippen LogP) is 1.79. The monoisotopic (exact) mass is 289 g/mol. The molecular weight excluding hydrogens is 274 g/mol. The van der Waals surface area contributed by atoms with Crippen LogP contribution in [0.4, 0.5) is 0 Å². The standard InChI is InChI=1S/C15H15NO3S/c16-15(18)10-20(19)9-12-4-1-2-7-14(12)11-5-3-6-13(17)8-11/h1-8,17H,9-10H2,(H2,16,18)/t20-/m1/s1. The van der Waals surface area contributed by atoms with Gasteiger partial charge in [0.1, 0.15) is 11.5 Å². The molecule has 20 heavy (non-hydrogen) atoms. The van der Waals surface area contributed by atoms with E-state index in [0.29, 0.717) is 0 Å². The molecule has 104 valence electrons. The molecule has 0 aliphatic carbocycles. The number of hydrogen-bond acceptors (Lipinski definition) is 3. The molecule has 4 nitrogen and oxygen atoms in total. The Hall–Kier alpha value is -2.14. The van der Waals surface area contributed by atoms with Crippen LogP contribution in [0.2, 0.25) is 0 Å². The Balaban J connectivity index is 2.31. The second kappa shape index (κ2) is 6.34. The van der Waals surface area contributed by atoms with Gasteiger partial charge in [-0.2, -0.15) is 0 Å². The highest BCUT2D eigenvalue weighted by Crippen LogP contribution is 2.27. The minimum absolute atomic E-state index is 0.144. The summed E-state index contributed by atoms with van der Waals surface area (Å²) < 4.78 is 11.8. The highest BCUT2D eigenvalue weighted by atomic mass is 32.2. The van der Waals surface area contributed by atoms with Crippen molar-refractivity contribution in [2.45, 2.75) is 5.75 Å². The van der Waals surface area contributed by atoms with Crippen LogP contribution in [0.15, 0.2) is 48.5 Å². The van der Waals surface area contributed by atoms with Gasteiger partial charge in [-0.25, -0.2) is 0 Å². The van der Waals surface area contributed by atoms with Crippen molar-refractivity contribution in [1.29, 1.82) is 0 Å². The molecule has 0 saturated carbocycles. The number of nitrogens with two attached hydrogens (primary N) is 1. The third-order valence-corrected chi connectivity index (χ3v) is 4.03. The summed E-state index contributed by atoms with van der Waals surface area (Å²) in [5.74, 6) is -0.280. The second-order valence-electron chi connectivity index (χ2n) is 4.40. The van der Waals surface area contributed by atoms with Crippen LogP contribution in [-0.4, -0.2) is 21.0 Å². The molecule has 3 N–H and O–H groups in total. The lowest BCUT2D eigenvalue weighted by Crippen LogP contribution is -2.20. The van der Waals surface area contributed by atoms with Crippen molar-refractivity contribution in [3.05, 3.63) is 54.1 Å². The van der Waals surface area contributed by atoms with Gasteiger partial charge in [-0.05, 0) is 28.8 Å². The van der Waals surface area contributed by atoms with Crippen molar-refractivity contribution < 1.29 is 14.1 Å². The van der Waals surface area contributed by atoms with Crippen LogP contribution in [0.1, 0.15) is 5.56 Å². The molecule has 2 rings (SSSR count). The number of carbonyl (C=O) groups excluding carboxylic acids is 1. The maximum Gasteiger partial charge on any atom is 0.230 e. The summed E-state index contributed by atoms with van der Waals surface area (Å²) in [5, 5.41) is 9.54. The number of aromatic hydroxyl groups is 1. The number of phenols is 1. The molecular formula is C15H15NO3S. The highest BCUT2D eigenvalue weighted by Gasteiger charge is 2.10. The summed E-state index contributed by atoms with van der Waals surface area (Å²) in [6, 6.07) is 14.3. The first-order valence-electron chi connectivity index (χ1n) is 6.07. The fourth-order valence-electron chi connectivity index (χ4n) is 1.98. The van der Waals surface area contributed by atoms with E-state index < -0.39 is 16.7 Å². The Morgan fingerprint density at radius 2 is 1.90 bits per heavy atom. The fraction of sp³-hybridized carbons (Fsp3) is 0.133. The van der Waals surface area contributed by atoms with Gasteiger partial charge in [-0.3, -0.25) is 9.00 Å². The van der Waals surface area contributed by atoms with Crippen LogP contribution in [0.3, 0.4) is 0 Å². The minimum Gasteiger partial charge on any atom is -0.508 e. The van der Waals surface area contributed by atoms with Crippen LogP contribution < -0.4 is 5.73 Å². The van der Waals surface area contributed by atoms with Gasteiger partial charge in [-0.15, -0.1) is 0 Å². The molecule has 0 saturated heterocycles. The van der Waals surface area contributed by atoms with Crippen LogP contribution in [-0.2, 0) is 21.3 Å². The van der Waals surface area contributed by atoms with Gasteiger partial charge in [-0.1, -0.05) is 36.4 Å². The molecule has 1 amide bonds. The normalized spacial score (nSPS) is 12.0. The molecule has 0 aliphatic rings. The van der Waals surface area contributed by atoms with Crippen molar-refractivity contribution in [3.63, 3.8) is 0 Å². The lowest BCUT2D eigenvalue weighted by molar-refractivity contribution is -0.115. The lowest BCUT2D eigenvalue weighted by Gasteiger charge is -2.09. The molecule has 0 fully saturated rings. The zero-order valence-electron chi connectivity index (χ0n) is 10.8. The number of amides is 1. The van der Waals surface area contributed by atoms with Crippen molar-refractivity contribution in [2.75, 3.05) is 5.75 Å². The second-order valence-corrected chi connectivity index (χ2v) is 5.86. The summed E-state index contributed by atoms with van der Waals surface area (Å²) in [4.78, 5) is 10.8. The largest absolute Gasteiger partial charge is 0.508 e. The van der Waals surface area contributed by atoms with Crippen LogP contribution in [0.5, 0.6) is 5.75 Å². The summed E-state index contributed by atoms with van der Waals surface area (Å²) in [6.07, 6.45) is 0. The van der Waals surface area contributed by atoms with Gasteiger partial charge in [0.05, 0.1) is 0 Å². The maximum atomic E-state index is 11.8. The molecule has 2 aromatic carbocycles. The van der Waals surface area contributed by atoms with Crippen LogP contribution in [0, 0.1) is 0 Å². The fourth-order valence-corrected chi connectivity index (χ4v) is 3.00. The first-order valence-corrected chi connectivity index (χ1v) is 7.55. The summed E-state index contributed by atoms with van der Waals surface area (Å²) in [7, 11) is -1.33. The quantitative estimate of drug-likeness (QED) is 0.880. The van der Waals surface area contributed by atoms with Crippen LogP contribution >= 0.6 is 0 Å². The number of carbonyl (C=O) groups is 1. The van der Waals surface area contributed by atoms with E-state index in [1.165, 1.54) is 0 Å². The van der Waals surface area contributed by atoms with Gasteiger partial charge in [0.2, 0.25) is 5.91 Å². The Labute approximate surface area is 119 Å². The first-order chi connectivity index (χ1) is 9.56. The number of hydrogen-bond donors (Lipinski definition) is 2. The predicted molar refractivity (Wildman–Crippen MR) is 79.5 cm³/mol. The Morgan fingerprint density at radius 3 is 2.60 bits per heavy atom. The number of primary amides is 1. The zero-order chi connectivity index (χ0) is 14.5. The first kappa shape index (κ1) is 14.3. The Kier molecular flexibility index (Phi) is 4.53. The van der Waals surface area contributed by atoms with Crippen molar-refractivity contribution in [3.8, 4) is 16.9 Å². The van der Waals surface area contributed by atoms with E-state index in [9.17, 15) is 14.1 Å². The van der Waals surface area contributed by atoms with Gasteiger partial charge in [0, 0.05) is 16.6 Å². The molecule has 5 heteroatoms. The Morgan fingerprint density at radius 1 is 1.15 bits per heavy atom. The van der Waals surface area contributed by atoms with E-state index in [1.807, 2.05) is 30.3 Å². The third-order valence-electron chi connectivity index (χ3n) is 2.79. The lowest BCUT2D eigenvalue weighted by atomic mass is 10.0. The summed E-state index contributed by atoms with van der Waals surface area (Å²) >= 11 is 0. The average Bonchev–Trinajstić information content (AvgIpc) is 2.38. The molecule has 0 spiro atoms. The van der Waals surface area contributed by atoms with Crippen LogP contribution in [0.25, 0.3) is 11.1 Å². The summed E-state index contributed by atoms with van der Waals surface area (Å²) in [6.45, 7) is 0. The SMILES string of the molecule is NC(=O)C[S@](=O)Cc1ccccc1-c1cccc(O)c1. The van der Waals surface area contributed by atoms with E-state index in [2.05, 4.69) is 0 Å². The number of benzene rings is 2. The molecule has 0 radical (unpaired) electrons. The van der Waals surface area contributed by atoms with E-state index in [4.69, 9.17) is 5.73 Å². The van der Waals surface area contributed by atoms with Gasteiger partial charge in [0.25, 0.3) is 0 Å². The van der Waals surface area contributed by atoms with Crippen molar-refractivity contribution in [1.82, 2.24) is 0 Å². The zero-order valence-corrected chi connectivity index (χ0v) is 11.6.